The second kappa shape index (κ2) is 8.25. The Labute approximate surface area is 148 Å². The second-order valence-corrected chi connectivity index (χ2v) is 6.01. The van der Waals surface area contributed by atoms with Gasteiger partial charge in [0.05, 0.1) is 12.0 Å². The summed E-state index contributed by atoms with van der Waals surface area (Å²) >= 11 is 0.915. The van der Waals surface area contributed by atoms with Gasteiger partial charge in [0.1, 0.15) is 0 Å². The molecule has 0 spiro atoms. The Morgan fingerprint density at radius 1 is 1.24 bits per heavy atom. The van der Waals surface area contributed by atoms with Gasteiger partial charge in [0.2, 0.25) is 5.17 Å². The third kappa shape index (κ3) is 4.77. The predicted molar refractivity (Wildman–Crippen MR) is 94.7 cm³/mol. The van der Waals surface area contributed by atoms with E-state index < -0.39 is 17.8 Å². The molecule has 1 saturated heterocycles. The lowest BCUT2D eigenvalue weighted by atomic mass is 10.2. The van der Waals surface area contributed by atoms with Crippen LogP contribution in [0.5, 0.6) is 0 Å². The SMILES string of the molecule is COC(=O)/C=C1\S/C(=N\NC(=O)c2ccccc2)N(N=C(C)C)C1=O. The van der Waals surface area contributed by atoms with Crippen molar-refractivity contribution in [1.82, 2.24) is 10.4 Å². The highest BCUT2D eigenvalue weighted by Gasteiger charge is 2.35. The first-order valence-corrected chi connectivity index (χ1v) is 8.01. The number of amidine groups is 1. The maximum atomic E-state index is 12.3. The number of hydrogen-bond donors (Lipinski definition) is 1. The fourth-order valence-electron chi connectivity index (χ4n) is 1.74. The number of benzene rings is 1. The number of amides is 2. The predicted octanol–water partition coefficient (Wildman–Crippen LogP) is 1.72. The monoisotopic (exact) mass is 360 g/mol. The van der Waals surface area contributed by atoms with E-state index in [-0.39, 0.29) is 10.1 Å². The number of hydrogen-bond acceptors (Lipinski definition) is 7. The van der Waals surface area contributed by atoms with Crippen LogP contribution in [0.3, 0.4) is 0 Å². The summed E-state index contributed by atoms with van der Waals surface area (Å²) < 4.78 is 4.52. The summed E-state index contributed by atoms with van der Waals surface area (Å²) in [5, 5.41) is 9.19. The van der Waals surface area contributed by atoms with Crippen LogP contribution >= 0.6 is 11.8 Å². The normalized spacial score (nSPS) is 16.9. The molecule has 0 saturated carbocycles. The molecule has 25 heavy (non-hydrogen) atoms. The summed E-state index contributed by atoms with van der Waals surface area (Å²) in [7, 11) is 1.21. The molecule has 1 aliphatic heterocycles. The number of ether oxygens (including phenoxy) is 1. The highest BCUT2D eigenvalue weighted by atomic mass is 32.2. The lowest BCUT2D eigenvalue weighted by molar-refractivity contribution is -0.135. The van der Waals surface area contributed by atoms with E-state index in [0.29, 0.717) is 11.3 Å². The van der Waals surface area contributed by atoms with Crippen molar-refractivity contribution in [2.24, 2.45) is 10.2 Å². The number of carbonyl (C=O) groups excluding carboxylic acids is 3. The number of carbonyl (C=O) groups is 3. The Kier molecular flexibility index (Phi) is 6.07. The molecule has 2 amide bonds. The van der Waals surface area contributed by atoms with Crippen molar-refractivity contribution in [1.29, 1.82) is 0 Å². The molecule has 8 nitrogen and oxygen atoms in total. The number of hydrazone groups is 2. The minimum atomic E-state index is -0.664. The first-order chi connectivity index (χ1) is 11.9. The molecule has 0 atom stereocenters. The van der Waals surface area contributed by atoms with Gasteiger partial charge in [-0.25, -0.2) is 10.2 Å². The molecular weight excluding hydrogens is 344 g/mol. The lowest BCUT2D eigenvalue weighted by Crippen LogP contribution is -2.28. The van der Waals surface area contributed by atoms with Gasteiger partial charge in [0.25, 0.3) is 11.8 Å². The molecule has 130 valence electrons. The molecule has 9 heteroatoms. The van der Waals surface area contributed by atoms with Crippen molar-refractivity contribution < 1.29 is 19.1 Å². The fourth-order valence-corrected chi connectivity index (χ4v) is 2.57. The third-order valence-corrected chi connectivity index (χ3v) is 3.78. The van der Waals surface area contributed by atoms with Crippen LogP contribution in [0.1, 0.15) is 24.2 Å². The molecule has 0 radical (unpaired) electrons. The molecule has 1 N–H and O–H groups in total. The van der Waals surface area contributed by atoms with Crippen LogP contribution < -0.4 is 5.43 Å². The first kappa shape index (κ1) is 18.4. The summed E-state index contributed by atoms with van der Waals surface area (Å²) in [6.07, 6.45) is 1.06. The Morgan fingerprint density at radius 2 is 1.92 bits per heavy atom. The van der Waals surface area contributed by atoms with Crippen LogP contribution in [0.25, 0.3) is 0 Å². The maximum Gasteiger partial charge on any atom is 0.331 e. The van der Waals surface area contributed by atoms with E-state index >= 15 is 0 Å². The summed E-state index contributed by atoms with van der Waals surface area (Å²) in [6, 6.07) is 8.52. The topological polar surface area (TPSA) is 100 Å². The van der Waals surface area contributed by atoms with E-state index in [2.05, 4.69) is 20.4 Å². The average molecular weight is 360 g/mol. The van der Waals surface area contributed by atoms with Gasteiger partial charge in [0, 0.05) is 17.4 Å². The molecule has 1 aliphatic rings. The molecule has 1 aromatic carbocycles. The van der Waals surface area contributed by atoms with Gasteiger partial charge in [-0.3, -0.25) is 9.59 Å². The number of nitrogens with one attached hydrogen (secondary N) is 1. The second-order valence-electron chi connectivity index (χ2n) is 5.00. The van der Waals surface area contributed by atoms with Crippen LogP contribution in [0.15, 0.2) is 51.5 Å². The number of nitrogens with zero attached hydrogens (tertiary/aromatic N) is 3. The standard InChI is InChI=1S/C16H16N4O4S/c1-10(2)19-20-15(23)12(9-13(21)24-3)25-16(20)18-17-14(22)11-7-5-4-6-8-11/h4-9H,1-3H3,(H,17,22)/b12-9-,18-16-. The highest BCUT2D eigenvalue weighted by Crippen LogP contribution is 2.31. The summed E-state index contributed by atoms with van der Waals surface area (Å²) in [5.74, 6) is -1.62. The Hall–Kier alpha value is -2.94. The zero-order chi connectivity index (χ0) is 18.4. The van der Waals surface area contributed by atoms with Crippen LogP contribution in [0.2, 0.25) is 0 Å². The molecule has 1 fully saturated rings. The van der Waals surface area contributed by atoms with Gasteiger partial charge < -0.3 is 4.74 Å². The molecular formula is C16H16N4O4S. The van der Waals surface area contributed by atoms with Crippen molar-refractivity contribution in [3.8, 4) is 0 Å². The fraction of sp³-hybridized carbons (Fsp3) is 0.188. The third-order valence-electron chi connectivity index (χ3n) is 2.82. The number of thioether (sulfide) groups is 1. The zero-order valence-electron chi connectivity index (χ0n) is 13.8. The highest BCUT2D eigenvalue weighted by molar-refractivity contribution is 8.18. The lowest BCUT2D eigenvalue weighted by Gasteiger charge is -2.09. The van der Waals surface area contributed by atoms with Crippen LogP contribution in [0, 0.1) is 0 Å². The van der Waals surface area contributed by atoms with Crippen molar-refractivity contribution >= 4 is 40.4 Å². The van der Waals surface area contributed by atoms with E-state index in [4.69, 9.17) is 0 Å². The minimum absolute atomic E-state index is 0.101. The average Bonchev–Trinajstić information content (AvgIpc) is 2.88. The number of rotatable bonds is 4. The number of methoxy groups -OCH3 is 1. The van der Waals surface area contributed by atoms with E-state index in [0.717, 1.165) is 22.8 Å². The van der Waals surface area contributed by atoms with Gasteiger partial charge in [-0.15, -0.1) is 5.10 Å². The van der Waals surface area contributed by atoms with Crippen molar-refractivity contribution in [2.45, 2.75) is 13.8 Å². The largest absolute Gasteiger partial charge is 0.466 e. The van der Waals surface area contributed by atoms with E-state index in [1.807, 2.05) is 0 Å². The Morgan fingerprint density at radius 3 is 2.52 bits per heavy atom. The van der Waals surface area contributed by atoms with Gasteiger partial charge in [0.15, 0.2) is 0 Å². The van der Waals surface area contributed by atoms with Gasteiger partial charge in [-0.2, -0.15) is 10.1 Å². The molecule has 0 unspecified atom stereocenters. The zero-order valence-corrected chi connectivity index (χ0v) is 14.7. The van der Waals surface area contributed by atoms with Crippen LogP contribution in [-0.2, 0) is 14.3 Å². The van der Waals surface area contributed by atoms with Gasteiger partial charge in [-0.05, 0) is 37.7 Å². The van der Waals surface area contributed by atoms with Crippen LogP contribution in [-0.4, -0.2) is 40.8 Å². The first-order valence-electron chi connectivity index (χ1n) is 7.19. The summed E-state index contributed by atoms with van der Waals surface area (Å²) in [4.78, 5) is 35.9. The van der Waals surface area contributed by atoms with Gasteiger partial charge in [-0.1, -0.05) is 18.2 Å². The number of esters is 1. The Bertz CT molecular complexity index is 783. The van der Waals surface area contributed by atoms with E-state index in [9.17, 15) is 14.4 Å². The molecule has 1 heterocycles. The van der Waals surface area contributed by atoms with E-state index in [1.165, 1.54) is 7.11 Å². The molecule has 0 aliphatic carbocycles. The van der Waals surface area contributed by atoms with Crippen molar-refractivity contribution in [2.75, 3.05) is 7.11 Å². The molecule has 1 aromatic rings. The minimum Gasteiger partial charge on any atom is -0.466 e. The molecule has 0 bridgehead atoms. The summed E-state index contributed by atoms with van der Waals surface area (Å²) in [6.45, 7) is 3.42. The Balaban J connectivity index is 2.25. The van der Waals surface area contributed by atoms with Crippen molar-refractivity contribution in [3.05, 3.63) is 46.9 Å². The summed E-state index contributed by atoms with van der Waals surface area (Å²) in [5.41, 5.74) is 3.41. The van der Waals surface area contributed by atoms with Crippen LogP contribution in [0.4, 0.5) is 0 Å². The quantitative estimate of drug-likeness (QED) is 0.381. The van der Waals surface area contributed by atoms with E-state index in [1.54, 1.807) is 44.2 Å². The molecule has 2 rings (SSSR count). The van der Waals surface area contributed by atoms with Crippen molar-refractivity contribution in [3.63, 3.8) is 0 Å². The molecule has 0 aromatic heterocycles. The van der Waals surface area contributed by atoms with Gasteiger partial charge >= 0.3 is 5.97 Å². The smallest absolute Gasteiger partial charge is 0.331 e. The maximum absolute atomic E-state index is 12.3.